The van der Waals surface area contributed by atoms with E-state index in [9.17, 15) is 19.5 Å². The lowest BCUT2D eigenvalue weighted by Crippen LogP contribution is -2.71. The van der Waals surface area contributed by atoms with Crippen LogP contribution in [0, 0.1) is 17.8 Å². The predicted octanol–water partition coefficient (Wildman–Crippen LogP) is 2.05. The van der Waals surface area contributed by atoms with Gasteiger partial charge in [0, 0.05) is 10.1 Å². The quantitative estimate of drug-likeness (QED) is 0.294. The van der Waals surface area contributed by atoms with Crippen molar-refractivity contribution < 1.29 is 24.3 Å². The van der Waals surface area contributed by atoms with Crippen molar-refractivity contribution >= 4 is 51.7 Å². The number of rotatable bonds is 6. The molecule has 188 valence electrons. The van der Waals surface area contributed by atoms with Gasteiger partial charge < -0.3 is 25.9 Å². The van der Waals surface area contributed by atoms with Gasteiger partial charge in [-0.15, -0.1) is 23.1 Å². The Morgan fingerprint density at radius 2 is 1.86 bits per heavy atom. The van der Waals surface area contributed by atoms with E-state index in [1.807, 2.05) is 0 Å². The van der Waals surface area contributed by atoms with E-state index >= 15 is 0 Å². The number of carboxylic acid groups (broad SMARTS) is 1. The number of oxime groups is 1. The molecule has 2 aliphatic heterocycles. The van der Waals surface area contributed by atoms with Crippen molar-refractivity contribution in [2.24, 2.45) is 22.9 Å². The molecule has 3 heterocycles. The van der Waals surface area contributed by atoms with Gasteiger partial charge in [0.05, 0.1) is 0 Å². The highest BCUT2D eigenvalue weighted by molar-refractivity contribution is 8.01. The molecule has 4 saturated carbocycles. The van der Waals surface area contributed by atoms with Crippen LogP contribution in [0.2, 0.25) is 0 Å². The summed E-state index contributed by atoms with van der Waals surface area (Å²) in [6.45, 7) is 3.59. The minimum atomic E-state index is -1.05. The van der Waals surface area contributed by atoms with Crippen LogP contribution >= 0.6 is 23.1 Å². The van der Waals surface area contributed by atoms with Crippen LogP contribution in [0.4, 0.5) is 5.13 Å². The van der Waals surface area contributed by atoms with Gasteiger partial charge in [-0.1, -0.05) is 5.16 Å². The number of thiazole rings is 1. The second-order valence-electron chi connectivity index (χ2n) is 11.3. The molecule has 4 N–H and O–H groups in total. The molecule has 2 amide bonds. The third-order valence-corrected chi connectivity index (χ3v) is 10.5. The first-order valence-electron chi connectivity index (χ1n) is 12.1. The average molecular weight is 520 g/mol. The van der Waals surface area contributed by atoms with Crippen LogP contribution < -0.4 is 11.1 Å². The maximum atomic E-state index is 13.4. The summed E-state index contributed by atoms with van der Waals surface area (Å²) in [5.41, 5.74) is 5.78. The van der Waals surface area contributed by atoms with E-state index in [-0.39, 0.29) is 11.3 Å². The molecule has 1 aromatic heterocycles. The van der Waals surface area contributed by atoms with Gasteiger partial charge in [0.25, 0.3) is 5.91 Å². The van der Waals surface area contributed by atoms with E-state index in [1.54, 1.807) is 19.2 Å². The number of carbonyl (C=O) groups is 3. The number of anilines is 1. The molecule has 6 fully saturated rings. The van der Waals surface area contributed by atoms with Gasteiger partial charge >= 0.3 is 5.97 Å². The third kappa shape index (κ3) is 3.71. The summed E-state index contributed by atoms with van der Waals surface area (Å²) in [7, 11) is 0. The van der Waals surface area contributed by atoms with Gasteiger partial charge in [-0.05, 0) is 70.1 Å². The second kappa shape index (κ2) is 7.83. The highest BCUT2D eigenvalue weighted by Gasteiger charge is 2.64. The number of thioether (sulfide) groups is 1. The Balaban J connectivity index is 1.23. The van der Waals surface area contributed by atoms with E-state index in [0.29, 0.717) is 28.6 Å². The molecule has 0 radical (unpaired) electrons. The number of hydrogen-bond acceptors (Lipinski definition) is 9. The number of hydrogen-bond donors (Lipinski definition) is 3. The number of aromatic nitrogens is 1. The average Bonchev–Trinajstić information content (AvgIpc) is 3.29. The van der Waals surface area contributed by atoms with Crippen molar-refractivity contribution in [3.63, 3.8) is 0 Å². The smallest absolute Gasteiger partial charge is 0.327 e. The lowest BCUT2D eigenvalue weighted by atomic mass is 9.54. The summed E-state index contributed by atoms with van der Waals surface area (Å²) in [6, 6.07) is -1.78. The number of amides is 2. The van der Waals surface area contributed by atoms with Crippen molar-refractivity contribution in [1.29, 1.82) is 0 Å². The Morgan fingerprint density at radius 1 is 1.23 bits per heavy atom. The van der Waals surface area contributed by atoms with Crippen LogP contribution in [-0.4, -0.2) is 66.3 Å². The summed E-state index contributed by atoms with van der Waals surface area (Å²) >= 11 is 2.58. The molecule has 2 saturated heterocycles. The zero-order chi connectivity index (χ0) is 24.7. The van der Waals surface area contributed by atoms with Crippen molar-refractivity contribution in [2.45, 2.75) is 80.2 Å². The lowest BCUT2D eigenvalue weighted by molar-refractivity contribution is -0.162. The van der Waals surface area contributed by atoms with Gasteiger partial charge in [0.1, 0.15) is 28.8 Å². The summed E-state index contributed by atoms with van der Waals surface area (Å²) in [6.07, 6.45) is 6.64. The molecule has 35 heavy (non-hydrogen) atoms. The second-order valence-corrected chi connectivity index (χ2v) is 13.9. The van der Waals surface area contributed by atoms with Crippen LogP contribution in [0.15, 0.2) is 10.5 Å². The van der Waals surface area contributed by atoms with Crippen molar-refractivity contribution in [3.8, 4) is 0 Å². The summed E-state index contributed by atoms with van der Waals surface area (Å²) in [4.78, 5) is 49.8. The number of carbonyl (C=O) groups excluding carboxylic acids is 2. The fraction of sp³-hybridized carbons (Fsp3) is 0.696. The van der Waals surface area contributed by atoms with E-state index in [1.165, 1.54) is 47.3 Å². The van der Waals surface area contributed by atoms with Crippen LogP contribution in [0.25, 0.3) is 0 Å². The topological polar surface area (TPSA) is 147 Å². The van der Waals surface area contributed by atoms with Crippen molar-refractivity contribution in [3.05, 3.63) is 11.1 Å². The summed E-state index contributed by atoms with van der Waals surface area (Å²) < 4.78 is -0.673. The molecule has 1 aromatic rings. The highest BCUT2D eigenvalue weighted by atomic mass is 32.2. The molecule has 10 nitrogen and oxygen atoms in total. The van der Waals surface area contributed by atoms with Crippen molar-refractivity contribution in [1.82, 2.24) is 15.2 Å². The fourth-order valence-corrected chi connectivity index (χ4v) is 9.41. The molecule has 3 atom stereocenters. The highest BCUT2D eigenvalue weighted by Crippen LogP contribution is 2.57. The number of nitrogens with two attached hydrogens (primary N) is 1. The molecule has 7 rings (SSSR count). The van der Waals surface area contributed by atoms with Crippen molar-refractivity contribution in [2.75, 3.05) is 5.73 Å². The van der Waals surface area contributed by atoms with E-state index in [0.717, 1.165) is 19.3 Å². The first-order valence-corrected chi connectivity index (χ1v) is 13.8. The number of nitrogens with one attached hydrogen (secondary N) is 1. The molecule has 4 aliphatic carbocycles. The van der Waals surface area contributed by atoms with E-state index in [2.05, 4.69) is 15.5 Å². The minimum Gasteiger partial charge on any atom is -0.480 e. The van der Waals surface area contributed by atoms with Crippen LogP contribution in [0.1, 0.15) is 58.1 Å². The van der Waals surface area contributed by atoms with Gasteiger partial charge in [-0.3, -0.25) is 9.59 Å². The number of fused-ring (bicyclic) bond motifs is 1. The number of aliphatic carboxylic acids is 1. The molecule has 12 heteroatoms. The minimum absolute atomic E-state index is 0.00279. The monoisotopic (exact) mass is 519 g/mol. The SMILES string of the molecule is CC1(C)S[C@@H]2[C@@H](NC(=O)C(=NOC34CC5CC(CC(C5)C3)C4)c3csc(N)n3)C(=O)N2[C@H]1C(=O)O. The number of carboxylic acids is 1. The Kier molecular flexibility index (Phi) is 5.16. The zero-order valence-electron chi connectivity index (χ0n) is 19.6. The standard InChI is InChI=1S/C23H29N5O5S2/c1-22(2)16(20(31)32)28-18(30)15(19(28)35-22)26-17(29)14(13-9-34-21(24)25-13)27-33-23-6-10-3-11(7-23)5-12(4-10)8-23/h9-12,15-16,19H,3-8H2,1-2H3,(H2,24,25)(H,26,29)(H,31,32)/t10?,11?,12?,15-,16-,19+,23?/m0/s1. The molecule has 0 aromatic carbocycles. The largest absolute Gasteiger partial charge is 0.480 e. The molecule has 6 aliphatic rings. The molecule has 4 bridgehead atoms. The Morgan fingerprint density at radius 3 is 2.40 bits per heavy atom. The Bertz CT molecular complexity index is 1100. The van der Waals surface area contributed by atoms with E-state index < -0.39 is 40.0 Å². The number of nitrogens with zero attached hydrogens (tertiary/aromatic N) is 3. The summed E-state index contributed by atoms with van der Waals surface area (Å²) in [5.74, 6) is -0.0538. The number of nitrogen functional groups attached to an aromatic ring is 1. The number of β-lactam (4-membered cyclic amide) rings is 1. The molecular formula is C23H29N5O5S2. The maximum Gasteiger partial charge on any atom is 0.327 e. The van der Waals surface area contributed by atoms with Crippen LogP contribution in [-0.2, 0) is 19.2 Å². The summed E-state index contributed by atoms with van der Waals surface area (Å²) in [5, 5.41) is 18.3. The third-order valence-electron chi connectivity index (χ3n) is 8.25. The van der Waals surface area contributed by atoms with Gasteiger partial charge in [0.15, 0.2) is 10.8 Å². The molecule has 0 spiro atoms. The molecule has 0 unspecified atom stereocenters. The normalized spacial score (nSPS) is 38.7. The predicted molar refractivity (Wildman–Crippen MR) is 131 cm³/mol. The van der Waals surface area contributed by atoms with Crippen LogP contribution in [0.3, 0.4) is 0 Å². The fourth-order valence-electron chi connectivity index (χ4n) is 7.24. The Hall–Kier alpha value is -2.34. The van der Waals surface area contributed by atoms with E-state index in [4.69, 9.17) is 10.6 Å². The maximum absolute atomic E-state index is 13.4. The first-order chi connectivity index (χ1) is 16.6. The zero-order valence-corrected chi connectivity index (χ0v) is 21.2. The van der Waals surface area contributed by atoms with Gasteiger partial charge in [-0.25, -0.2) is 9.78 Å². The van der Waals surface area contributed by atoms with Crippen LogP contribution in [0.5, 0.6) is 0 Å². The Labute approximate surface area is 211 Å². The van der Waals surface area contributed by atoms with Gasteiger partial charge in [-0.2, -0.15) is 0 Å². The first kappa shape index (κ1) is 23.1. The lowest BCUT2D eigenvalue weighted by Gasteiger charge is -2.54. The molecular weight excluding hydrogens is 490 g/mol. The van der Waals surface area contributed by atoms with Gasteiger partial charge in [0.2, 0.25) is 5.91 Å².